The number of aromatic nitrogens is 2. The fraction of sp³-hybridized carbons (Fsp3) is 0.304. The average molecular weight is 374 g/mol. The van der Waals surface area contributed by atoms with Crippen molar-refractivity contribution in [2.24, 2.45) is 0 Å². The molecular formula is C23H26N4O. The Morgan fingerprint density at radius 3 is 2.57 bits per heavy atom. The molecule has 2 amide bonds. The molecule has 5 nitrogen and oxygen atoms in total. The number of nitrogens with zero attached hydrogens (tertiary/aromatic N) is 3. The van der Waals surface area contributed by atoms with Gasteiger partial charge in [-0.25, -0.2) is 9.48 Å². The van der Waals surface area contributed by atoms with Crippen molar-refractivity contribution in [1.29, 1.82) is 0 Å². The Balaban J connectivity index is 1.76. The van der Waals surface area contributed by atoms with E-state index < -0.39 is 0 Å². The number of carbonyl (C=O) groups excluding carboxylic acids is 1. The predicted octanol–water partition coefficient (Wildman–Crippen LogP) is 5.34. The number of nitrogens with one attached hydrogen (secondary N) is 1. The summed E-state index contributed by atoms with van der Waals surface area (Å²) in [5.41, 5.74) is 6.04. The lowest BCUT2D eigenvalue weighted by molar-refractivity contribution is 0.256. The van der Waals surface area contributed by atoms with Gasteiger partial charge < -0.3 is 5.32 Å². The molecule has 0 radical (unpaired) electrons. The van der Waals surface area contributed by atoms with Crippen LogP contribution in [0.2, 0.25) is 0 Å². The lowest BCUT2D eigenvalue weighted by Crippen LogP contribution is -2.38. The summed E-state index contributed by atoms with van der Waals surface area (Å²) in [6.07, 6.45) is 0. The van der Waals surface area contributed by atoms with Crippen LogP contribution in [-0.2, 0) is 12.0 Å². The maximum Gasteiger partial charge on any atom is 0.327 e. The first-order valence-electron chi connectivity index (χ1n) is 9.59. The van der Waals surface area contributed by atoms with E-state index in [9.17, 15) is 4.79 Å². The zero-order valence-corrected chi connectivity index (χ0v) is 17.1. The number of anilines is 2. The molecule has 0 atom stereocenters. The highest BCUT2D eigenvalue weighted by Crippen LogP contribution is 2.34. The van der Waals surface area contributed by atoms with Gasteiger partial charge in [-0.1, -0.05) is 51.1 Å². The van der Waals surface area contributed by atoms with E-state index in [0.29, 0.717) is 6.54 Å². The van der Waals surface area contributed by atoms with E-state index in [1.807, 2.05) is 54.9 Å². The van der Waals surface area contributed by atoms with Gasteiger partial charge in [-0.15, -0.1) is 0 Å². The molecule has 5 heteroatoms. The highest BCUT2D eigenvalue weighted by atomic mass is 16.2. The molecule has 4 rings (SSSR count). The van der Waals surface area contributed by atoms with Crippen LogP contribution >= 0.6 is 0 Å². The lowest BCUT2D eigenvalue weighted by atomic mass is 9.92. The van der Waals surface area contributed by atoms with E-state index in [2.05, 4.69) is 38.2 Å². The molecule has 2 aromatic carbocycles. The Kier molecular flexibility index (Phi) is 4.26. The molecule has 1 aromatic heterocycles. The standard InChI is InChI=1S/C23H26N4O/c1-15-9-8-11-18(16(15)2)24-22(28)26-14-17-10-6-7-12-19(17)27-21(26)13-20(25-27)23(3,4)5/h6-13H,14H2,1-5H3,(H,24,28). The van der Waals surface area contributed by atoms with Crippen molar-refractivity contribution >= 4 is 17.5 Å². The maximum absolute atomic E-state index is 13.2. The first kappa shape index (κ1) is 18.3. The zero-order valence-electron chi connectivity index (χ0n) is 17.1. The summed E-state index contributed by atoms with van der Waals surface area (Å²) in [7, 11) is 0. The average Bonchev–Trinajstić information content (AvgIpc) is 3.11. The van der Waals surface area contributed by atoms with Crippen molar-refractivity contribution in [2.75, 3.05) is 10.2 Å². The third-order valence-electron chi connectivity index (χ3n) is 5.38. The normalized spacial score (nSPS) is 13.1. The van der Waals surface area contributed by atoms with Gasteiger partial charge in [0.2, 0.25) is 0 Å². The smallest absolute Gasteiger partial charge is 0.307 e. The SMILES string of the molecule is Cc1cccc(NC(=O)N2Cc3ccccc3-n3nc(C(C)(C)C)cc32)c1C. The molecule has 0 spiro atoms. The first-order chi connectivity index (χ1) is 13.3. The van der Waals surface area contributed by atoms with Crippen molar-refractivity contribution in [3.8, 4) is 5.69 Å². The molecule has 144 valence electrons. The Bertz CT molecular complexity index is 1060. The molecule has 0 saturated carbocycles. The van der Waals surface area contributed by atoms with Crippen LogP contribution in [-0.4, -0.2) is 15.8 Å². The van der Waals surface area contributed by atoms with Crippen LogP contribution in [0.15, 0.2) is 48.5 Å². The van der Waals surface area contributed by atoms with E-state index >= 15 is 0 Å². The molecule has 1 aliphatic rings. The number of urea groups is 1. The molecule has 1 N–H and O–H groups in total. The third-order valence-corrected chi connectivity index (χ3v) is 5.38. The molecule has 0 unspecified atom stereocenters. The maximum atomic E-state index is 13.2. The molecule has 1 aliphatic heterocycles. The Morgan fingerprint density at radius 2 is 1.82 bits per heavy atom. The molecule has 28 heavy (non-hydrogen) atoms. The van der Waals surface area contributed by atoms with Crippen LogP contribution in [0.3, 0.4) is 0 Å². The molecule has 0 fully saturated rings. The second-order valence-electron chi connectivity index (χ2n) is 8.44. The monoisotopic (exact) mass is 374 g/mol. The Morgan fingerprint density at radius 1 is 1.07 bits per heavy atom. The van der Waals surface area contributed by atoms with Gasteiger partial charge in [0, 0.05) is 17.2 Å². The van der Waals surface area contributed by atoms with E-state index in [1.54, 1.807) is 4.90 Å². The molecule has 0 aliphatic carbocycles. The largest absolute Gasteiger partial charge is 0.327 e. The summed E-state index contributed by atoms with van der Waals surface area (Å²) in [4.78, 5) is 15.0. The first-order valence-corrected chi connectivity index (χ1v) is 9.59. The highest BCUT2D eigenvalue weighted by Gasteiger charge is 2.31. The highest BCUT2D eigenvalue weighted by molar-refractivity contribution is 6.02. The fourth-order valence-corrected chi connectivity index (χ4v) is 3.45. The number of carbonyl (C=O) groups is 1. The predicted molar refractivity (Wildman–Crippen MR) is 113 cm³/mol. The molecule has 3 aromatic rings. The summed E-state index contributed by atoms with van der Waals surface area (Å²) < 4.78 is 1.89. The summed E-state index contributed by atoms with van der Waals surface area (Å²) in [6, 6.07) is 15.9. The van der Waals surface area contributed by atoms with E-state index in [1.165, 1.54) is 0 Å². The number of benzene rings is 2. The Labute approximate surface area is 166 Å². The van der Waals surface area contributed by atoms with Gasteiger partial charge in [0.15, 0.2) is 0 Å². The summed E-state index contributed by atoms with van der Waals surface area (Å²) >= 11 is 0. The second-order valence-corrected chi connectivity index (χ2v) is 8.44. The van der Waals surface area contributed by atoms with Crippen molar-refractivity contribution in [3.05, 3.63) is 70.9 Å². The van der Waals surface area contributed by atoms with Crippen LogP contribution in [0.4, 0.5) is 16.3 Å². The van der Waals surface area contributed by atoms with E-state index in [-0.39, 0.29) is 11.4 Å². The lowest BCUT2D eigenvalue weighted by Gasteiger charge is -2.29. The van der Waals surface area contributed by atoms with Crippen molar-refractivity contribution in [3.63, 3.8) is 0 Å². The van der Waals surface area contributed by atoms with Crippen molar-refractivity contribution in [1.82, 2.24) is 9.78 Å². The minimum absolute atomic E-state index is 0.103. The molecular weight excluding hydrogens is 348 g/mol. The van der Waals surface area contributed by atoms with Gasteiger partial charge in [0.1, 0.15) is 5.82 Å². The van der Waals surface area contributed by atoms with Crippen LogP contribution < -0.4 is 10.2 Å². The fourth-order valence-electron chi connectivity index (χ4n) is 3.45. The second kappa shape index (κ2) is 6.51. The molecule has 0 saturated heterocycles. The number of hydrogen-bond acceptors (Lipinski definition) is 2. The number of fused-ring (bicyclic) bond motifs is 3. The van der Waals surface area contributed by atoms with Gasteiger partial charge in [-0.05, 0) is 42.7 Å². The topological polar surface area (TPSA) is 50.2 Å². The number of amides is 2. The van der Waals surface area contributed by atoms with E-state index in [4.69, 9.17) is 5.10 Å². The summed E-state index contributed by atoms with van der Waals surface area (Å²) in [6.45, 7) is 11.0. The van der Waals surface area contributed by atoms with Crippen molar-refractivity contribution in [2.45, 2.75) is 46.6 Å². The number of aryl methyl sites for hydroxylation is 1. The minimum atomic E-state index is -0.148. The number of hydrogen-bond donors (Lipinski definition) is 1. The zero-order chi connectivity index (χ0) is 20.1. The van der Waals surface area contributed by atoms with Gasteiger partial charge >= 0.3 is 6.03 Å². The molecule has 2 heterocycles. The van der Waals surface area contributed by atoms with Gasteiger partial charge in [0.25, 0.3) is 0 Å². The van der Waals surface area contributed by atoms with Gasteiger partial charge in [-0.3, -0.25) is 4.90 Å². The quantitative estimate of drug-likeness (QED) is 0.625. The van der Waals surface area contributed by atoms with Crippen molar-refractivity contribution < 1.29 is 4.79 Å². The van der Waals surface area contributed by atoms with Gasteiger partial charge in [0.05, 0.1) is 17.9 Å². The van der Waals surface area contributed by atoms with E-state index in [0.717, 1.165) is 39.6 Å². The van der Waals surface area contributed by atoms with Crippen LogP contribution in [0.25, 0.3) is 5.69 Å². The third kappa shape index (κ3) is 3.07. The summed E-state index contributed by atoms with van der Waals surface area (Å²) in [5.74, 6) is 0.798. The van der Waals surface area contributed by atoms with Crippen LogP contribution in [0.5, 0.6) is 0 Å². The Hall–Kier alpha value is -3.08. The van der Waals surface area contributed by atoms with Crippen LogP contribution in [0, 0.1) is 13.8 Å². The minimum Gasteiger partial charge on any atom is -0.307 e. The summed E-state index contributed by atoms with van der Waals surface area (Å²) in [5, 5.41) is 7.92. The number of rotatable bonds is 1. The number of para-hydroxylation sites is 1. The van der Waals surface area contributed by atoms with Crippen LogP contribution in [0.1, 0.15) is 43.2 Å². The molecule has 0 bridgehead atoms. The van der Waals surface area contributed by atoms with Gasteiger partial charge in [-0.2, -0.15) is 5.10 Å².